The number of nitrogens with zero attached hydrogens (tertiary/aromatic N) is 1. The predicted octanol–water partition coefficient (Wildman–Crippen LogP) is 0.890. The van der Waals surface area contributed by atoms with Crippen molar-refractivity contribution in [2.75, 3.05) is 5.32 Å². The van der Waals surface area contributed by atoms with Crippen LogP contribution in [-0.2, 0) is 9.59 Å². The van der Waals surface area contributed by atoms with Gasteiger partial charge in [0.25, 0.3) is 5.69 Å². The standard InChI is InChI=1S/C8H5ClN2O5.Na/c9-4-1-2-5(6(3-4)11(15)16)10-7(12)8(13)14;/h1-3H,(H,10,12)(H,13,14);. The van der Waals surface area contributed by atoms with Crippen molar-refractivity contribution in [2.45, 2.75) is 0 Å². The van der Waals surface area contributed by atoms with Gasteiger partial charge in [-0.1, -0.05) is 11.6 Å². The molecule has 0 aliphatic carbocycles. The third-order valence-electron chi connectivity index (χ3n) is 1.60. The Morgan fingerprint density at radius 1 is 1.41 bits per heavy atom. The molecule has 2 N–H and O–H groups in total. The average Bonchev–Trinajstić information content (AvgIpc) is 2.20. The van der Waals surface area contributed by atoms with Gasteiger partial charge in [-0.2, -0.15) is 0 Å². The van der Waals surface area contributed by atoms with E-state index in [9.17, 15) is 19.7 Å². The molecule has 85 valence electrons. The molecule has 0 heterocycles. The van der Waals surface area contributed by atoms with E-state index in [1.165, 1.54) is 6.07 Å². The van der Waals surface area contributed by atoms with Crippen LogP contribution in [0.3, 0.4) is 0 Å². The minimum atomic E-state index is -1.73. The van der Waals surface area contributed by atoms with Crippen molar-refractivity contribution in [3.8, 4) is 0 Å². The van der Waals surface area contributed by atoms with Crippen LogP contribution >= 0.6 is 11.6 Å². The van der Waals surface area contributed by atoms with Gasteiger partial charge in [-0.3, -0.25) is 14.9 Å². The number of carboxylic acids is 1. The number of rotatable bonds is 2. The van der Waals surface area contributed by atoms with Gasteiger partial charge in [-0.25, -0.2) is 4.79 Å². The van der Waals surface area contributed by atoms with E-state index in [1.807, 2.05) is 5.32 Å². The number of nitro benzene ring substituents is 1. The summed E-state index contributed by atoms with van der Waals surface area (Å²) in [4.78, 5) is 30.8. The van der Waals surface area contributed by atoms with Crippen LogP contribution in [0.4, 0.5) is 11.4 Å². The van der Waals surface area contributed by atoms with Gasteiger partial charge in [-0.05, 0) is 12.1 Å². The number of amides is 1. The van der Waals surface area contributed by atoms with Crippen LogP contribution in [0.15, 0.2) is 18.2 Å². The van der Waals surface area contributed by atoms with Gasteiger partial charge in [0, 0.05) is 40.6 Å². The third kappa shape index (κ3) is 4.31. The van der Waals surface area contributed by atoms with Crippen LogP contribution in [0.2, 0.25) is 5.02 Å². The maximum absolute atomic E-state index is 10.8. The summed E-state index contributed by atoms with van der Waals surface area (Å²) in [5.41, 5.74) is -0.691. The zero-order chi connectivity index (χ0) is 12.3. The molecule has 7 nitrogen and oxygen atoms in total. The van der Waals surface area contributed by atoms with E-state index in [-0.39, 0.29) is 40.3 Å². The second kappa shape index (κ2) is 6.55. The molecule has 1 radical (unpaired) electrons. The molecule has 0 bridgehead atoms. The van der Waals surface area contributed by atoms with E-state index in [1.54, 1.807) is 0 Å². The van der Waals surface area contributed by atoms with Crippen molar-refractivity contribution in [2.24, 2.45) is 0 Å². The fourth-order valence-electron chi connectivity index (χ4n) is 0.937. The first-order valence-corrected chi connectivity index (χ1v) is 4.28. The van der Waals surface area contributed by atoms with Crippen LogP contribution in [0, 0.1) is 10.1 Å². The van der Waals surface area contributed by atoms with Gasteiger partial charge in [0.15, 0.2) is 0 Å². The molecular weight excluding hydrogens is 263 g/mol. The van der Waals surface area contributed by atoms with Gasteiger partial charge in [0.05, 0.1) is 4.92 Å². The molecule has 0 saturated heterocycles. The topological polar surface area (TPSA) is 110 Å². The van der Waals surface area contributed by atoms with Gasteiger partial charge < -0.3 is 10.4 Å². The van der Waals surface area contributed by atoms with Crippen LogP contribution in [0.25, 0.3) is 0 Å². The monoisotopic (exact) mass is 267 g/mol. The van der Waals surface area contributed by atoms with Crippen LogP contribution < -0.4 is 5.32 Å². The number of hydrogen-bond acceptors (Lipinski definition) is 4. The van der Waals surface area contributed by atoms with E-state index >= 15 is 0 Å². The van der Waals surface area contributed by atoms with Gasteiger partial charge in [0.1, 0.15) is 5.69 Å². The first-order chi connectivity index (χ1) is 7.41. The molecule has 9 heteroatoms. The second-order valence-electron chi connectivity index (χ2n) is 2.68. The zero-order valence-electron chi connectivity index (χ0n) is 8.64. The normalized spacial score (nSPS) is 9.00. The predicted molar refractivity (Wildman–Crippen MR) is 60.1 cm³/mol. The van der Waals surface area contributed by atoms with E-state index < -0.39 is 22.5 Å². The molecule has 0 saturated carbocycles. The summed E-state index contributed by atoms with van der Waals surface area (Å²) in [5.74, 6) is -3.09. The largest absolute Gasteiger partial charge is 0.474 e. The van der Waals surface area contributed by atoms with Crippen molar-refractivity contribution < 1.29 is 19.6 Å². The van der Waals surface area contributed by atoms with Crippen molar-refractivity contribution in [3.63, 3.8) is 0 Å². The molecule has 0 aliphatic heterocycles. The van der Waals surface area contributed by atoms with E-state index in [0.717, 1.165) is 12.1 Å². The Balaban J connectivity index is 0.00000256. The fraction of sp³-hybridized carbons (Fsp3) is 0. The molecule has 0 unspecified atom stereocenters. The number of halogens is 1. The maximum atomic E-state index is 10.8. The smallest absolute Gasteiger partial charge is 0.394 e. The molecule has 1 rings (SSSR count). The van der Waals surface area contributed by atoms with Crippen molar-refractivity contribution in [1.82, 2.24) is 0 Å². The van der Waals surface area contributed by atoms with Gasteiger partial charge >= 0.3 is 11.9 Å². The molecule has 0 aromatic heterocycles. The van der Waals surface area contributed by atoms with Crippen LogP contribution in [0.5, 0.6) is 0 Å². The van der Waals surface area contributed by atoms with E-state index in [0.29, 0.717) is 0 Å². The summed E-state index contributed by atoms with van der Waals surface area (Å²) < 4.78 is 0. The molecule has 1 aromatic carbocycles. The summed E-state index contributed by atoms with van der Waals surface area (Å²) in [6.07, 6.45) is 0. The van der Waals surface area contributed by atoms with Gasteiger partial charge in [0.2, 0.25) is 0 Å². The number of benzene rings is 1. The van der Waals surface area contributed by atoms with Crippen LogP contribution in [0.1, 0.15) is 0 Å². The Labute approximate surface area is 122 Å². The Kier molecular flexibility index (Phi) is 6.11. The van der Waals surface area contributed by atoms with Crippen molar-refractivity contribution in [3.05, 3.63) is 33.3 Å². The van der Waals surface area contributed by atoms with E-state index in [4.69, 9.17) is 16.7 Å². The molecule has 1 amide bonds. The van der Waals surface area contributed by atoms with E-state index in [2.05, 4.69) is 0 Å². The minimum Gasteiger partial charge on any atom is -0.474 e. The molecular formula is C8H5ClN2NaO5. The minimum absolute atomic E-state index is 0. The quantitative estimate of drug-likeness (QED) is 0.358. The molecule has 1 aromatic rings. The number of anilines is 1. The summed E-state index contributed by atoms with van der Waals surface area (Å²) in [6.45, 7) is 0. The van der Waals surface area contributed by atoms with Crippen LogP contribution in [-0.4, -0.2) is 51.5 Å². The van der Waals surface area contributed by atoms with Crippen molar-refractivity contribution in [1.29, 1.82) is 0 Å². The Morgan fingerprint density at radius 3 is 2.47 bits per heavy atom. The summed E-state index contributed by atoms with van der Waals surface area (Å²) in [7, 11) is 0. The average molecular weight is 268 g/mol. The summed E-state index contributed by atoms with van der Waals surface area (Å²) >= 11 is 5.53. The Morgan fingerprint density at radius 2 is 2.00 bits per heavy atom. The Bertz CT molecular complexity index is 479. The molecule has 0 spiro atoms. The summed E-state index contributed by atoms with van der Waals surface area (Å²) in [6, 6.07) is 3.46. The number of carbonyl (C=O) groups is 2. The fourth-order valence-corrected chi connectivity index (χ4v) is 1.10. The first kappa shape index (κ1) is 15.9. The Hall–Kier alpha value is -1.15. The number of nitrogens with one attached hydrogen (secondary N) is 1. The maximum Gasteiger partial charge on any atom is 0.394 e. The zero-order valence-corrected chi connectivity index (χ0v) is 11.4. The number of carbonyl (C=O) groups excluding carboxylic acids is 1. The molecule has 0 atom stereocenters. The number of nitro groups is 1. The third-order valence-corrected chi connectivity index (χ3v) is 1.83. The van der Waals surface area contributed by atoms with Gasteiger partial charge in [-0.15, -0.1) is 0 Å². The second-order valence-corrected chi connectivity index (χ2v) is 3.11. The molecule has 0 aliphatic rings. The number of aliphatic carboxylic acids is 1. The molecule has 0 fully saturated rings. The van der Waals surface area contributed by atoms with Crippen molar-refractivity contribution >= 4 is 64.4 Å². The number of hydrogen-bond donors (Lipinski definition) is 2. The first-order valence-electron chi connectivity index (χ1n) is 3.90. The molecule has 17 heavy (non-hydrogen) atoms. The summed E-state index contributed by atoms with van der Waals surface area (Å²) in [5, 5.41) is 20.9. The number of carboxylic acid groups (broad SMARTS) is 1. The SMILES string of the molecule is O=C(O)C(=O)Nc1ccc(Cl)cc1[N+](=O)[O-].[Na].